The van der Waals surface area contributed by atoms with Gasteiger partial charge >= 0.3 is 8.80 Å². The lowest BCUT2D eigenvalue weighted by Gasteiger charge is -2.29. The molecule has 21 heavy (non-hydrogen) atoms. The highest BCUT2D eigenvalue weighted by atomic mass is 28.4. The predicted molar refractivity (Wildman–Crippen MR) is 84.5 cm³/mol. The van der Waals surface area contributed by atoms with Crippen LogP contribution in [0.3, 0.4) is 0 Å². The van der Waals surface area contributed by atoms with Crippen LogP contribution in [-0.4, -0.2) is 54.5 Å². The molecule has 0 aromatic rings. The summed E-state index contributed by atoms with van der Waals surface area (Å²) in [4.78, 5) is 0. The molecule has 1 heterocycles. The molecule has 0 N–H and O–H groups in total. The van der Waals surface area contributed by atoms with Gasteiger partial charge in [0, 0.05) is 19.3 Å². The highest BCUT2D eigenvalue weighted by Gasteiger charge is 2.39. The van der Waals surface area contributed by atoms with E-state index in [0.717, 1.165) is 19.1 Å². The van der Waals surface area contributed by atoms with Crippen molar-refractivity contribution in [3.05, 3.63) is 0 Å². The van der Waals surface area contributed by atoms with Crippen molar-refractivity contribution in [3.63, 3.8) is 0 Å². The average molecular weight is 321 g/mol. The van der Waals surface area contributed by atoms with Crippen molar-refractivity contribution in [2.45, 2.75) is 58.6 Å². The lowest BCUT2D eigenvalue weighted by molar-refractivity contribution is 0.0304. The number of epoxide rings is 1. The van der Waals surface area contributed by atoms with E-state index in [4.69, 9.17) is 22.8 Å². The van der Waals surface area contributed by atoms with E-state index in [9.17, 15) is 0 Å². The second kappa shape index (κ2) is 11.6. The summed E-state index contributed by atoms with van der Waals surface area (Å²) < 4.78 is 28.4. The fraction of sp³-hybridized carbons (Fsp3) is 1.00. The van der Waals surface area contributed by atoms with E-state index in [2.05, 4.69) is 6.92 Å². The third kappa shape index (κ3) is 8.90. The van der Waals surface area contributed by atoms with Crippen molar-refractivity contribution >= 4 is 8.80 Å². The zero-order valence-corrected chi connectivity index (χ0v) is 14.9. The van der Waals surface area contributed by atoms with Gasteiger partial charge < -0.3 is 22.8 Å². The summed E-state index contributed by atoms with van der Waals surface area (Å²) in [6.45, 7) is 10.1. The lowest BCUT2D eigenvalue weighted by Crippen LogP contribution is -2.46. The molecule has 0 amide bonds. The fourth-order valence-corrected chi connectivity index (χ4v) is 4.82. The van der Waals surface area contributed by atoms with E-state index < -0.39 is 8.80 Å². The molecule has 0 bridgehead atoms. The van der Waals surface area contributed by atoms with Gasteiger partial charge in [-0.05, 0) is 20.3 Å². The highest BCUT2D eigenvalue weighted by Crippen LogP contribution is 2.20. The van der Waals surface area contributed by atoms with Crippen LogP contribution >= 0.6 is 0 Å². The summed E-state index contributed by atoms with van der Waals surface area (Å²) in [6.07, 6.45) is 5.12. The Kier molecular flexibility index (Phi) is 10.5. The first-order chi connectivity index (χ1) is 10.3. The standard InChI is InChI=1S/C15H32O5Si/c1-4-7-8-9-12-21(18-5-2,19-6-3)20-11-10-16-13-15-14-17-15/h15H,4-14H2,1-3H3. The first kappa shape index (κ1) is 19.1. The Bertz CT molecular complexity index is 242. The maximum Gasteiger partial charge on any atom is 0.501 e. The Balaban J connectivity index is 2.28. The Hall–Kier alpha value is 0.0169. The molecule has 0 aromatic carbocycles. The van der Waals surface area contributed by atoms with Crippen LogP contribution in [0, 0.1) is 0 Å². The molecule has 5 nitrogen and oxygen atoms in total. The molecule has 1 unspecified atom stereocenters. The summed E-state index contributed by atoms with van der Waals surface area (Å²) in [5, 5.41) is 0. The normalized spacial score (nSPS) is 18.1. The summed E-state index contributed by atoms with van der Waals surface area (Å²) in [7, 11) is -2.52. The molecule has 0 saturated carbocycles. The van der Waals surface area contributed by atoms with Crippen LogP contribution < -0.4 is 0 Å². The summed E-state index contributed by atoms with van der Waals surface area (Å²) in [6, 6.07) is 0.903. The van der Waals surface area contributed by atoms with Gasteiger partial charge in [-0.3, -0.25) is 0 Å². The molecule has 0 spiro atoms. The monoisotopic (exact) mass is 320 g/mol. The Labute approximate surface area is 130 Å². The van der Waals surface area contributed by atoms with Gasteiger partial charge in [0.15, 0.2) is 0 Å². The molecule has 0 radical (unpaired) electrons. The quantitative estimate of drug-likeness (QED) is 0.264. The first-order valence-electron chi connectivity index (χ1n) is 8.37. The SMILES string of the molecule is CCCCCC[Si](OCC)(OCC)OCCOCC1CO1. The molecule has 1 rings (SSSR count). The minimum Gasteiger partial charge on any atom is -0.376 e. The fourth-order valence-electron chi connectivity index (χ4n) is 2.18. The number of hydrogen-bond donors (Lipinski definition) is 0. The number of unbranched alkanes of at least 4 members (excludes halogenated alkanes) is 3. The van der Waals surface area contributed by atoms with Crippen molar-refractivity contribution in [2.24, 2.45) is 0 Å². The summed E-state index contributed by atoms with van der Waals surface area (Å²) in [5.74, 6) is 0. The van der Waals surface area contributed by atoms with E-state index in [1.165, 1.54) is 19.3 Å². The van der Waals surface area contributed by atoms with Crippen LogP contribution in [0.4, 0.5) is 0 Å². The van der Waals surface area contributed by atoms with Gasteiger partial charge in [0.25, 0.3) is 0 Å². The zero-order chi connectivity index (χ0) is 15.4. The average Bonchev–Trinajstić information content (AvgIpc) is 3.28. The van der Waals surface area contributed by atoms with E-state index in [1.807, 2.05) is 13.8 Å². The van der Waals surface area contributed by atoms with Crippen LogP contribution in [-0.2, 0) is 22.8 Å². The molecular formula is C15H32O5Si. The van der Waals surface area contributed by atoms with Crippen LogP contribution in [0.15, 0.2) is 0 Å². The maximum absolute atomic E-state index is 6.02. The van der Waals surface area contributed by atoms with Crippen molar-refractivity contribution in [1.82, 2.24) is 0 Å². The Morgan fingerprint density at radius 2 is 1.67 bits per heavy atom. The van der Waals surface area contributed by atoms with Crippen LogP contribution in [0.25, 0.3) is 0 Å². The Morgan fingerprint density at radius 1 is 0.952 bits per heavy atom. The van der Waals surface area contributed by atoms with Gasteiger partial charge in [-0.25, -0.2) is 0 Å². The maximum atomic E-state index is 6.02. The van der Waals surface area contributed by atoms with E-state index in [1.54, 1.807) is 0 Å². The topological polar surface area (TPSA) is 49.5 Å². The molecule has 0 aliphatic carbocycles. The van der Waals surface area contributed by atoms with Gasteiger partial charge in [-0.15, -0.1) is 0 Å². The zero-order valence-electron chi connectivity index (χ0n) is 13.9. The second-order valence-electron chi connectivity index (χ2n) is 5.24. The minimum absolute atomic E-state index is 0.305. The molecule has 1 aliphatic rings. The molecule has 1 aliphatic heterocycles. The van der Waals surface area contributed by atoms with E-state index >= 15 is 0 Å². The largest absolute Gasteiger partial charge is 0.501 e. The summed E-state index contributed by atoms with van der Waals surface area (Å²) >= 11 is 0. The molecule has 0 aromatic heterocycles. The van der Waals surface area contributed by atoms with Crippen LogP contribution in [0.2, 0.25) is 6.04 Å². The van der Waals surface area contributed by atoms with Gasteiger partial charge in [-0.1, -0.05) is 26.2 Å². The summed E-state index contributed by atoms with van der Waals surface area (Å²) in [5.41, 5.74) is 0. The smallest absolute Gasteiger partial charge is 0.376 e. The third-order valence-electron chi connectivity index (χ3n) is 3.32. The van der Waals surface area contributed by atoms with E-state index in [0.29, 0.717) is 39.1 Å². The number of ether oxygens (including phenoxy) is 2. The van der Waals surface area contributed by atoms with Crippen molar-refractivity contribution in [2.75, 3.05) is 39.6 Å². The molecule has 1 saturated heterocycles. The van der Waals surface area contributed by atoms with Crippen molar-refractivity contribution < 1.29 is 22.8 Å². The van der Waals surface area contributed by atoms with Gasteiger partial charge in [0.05, 0.1) is 26.4 Å². The van der Waals surface area contributed by atoms with Gasteiger partial charge in [0.2, 0.25) is 0 Å². The minimum atomic E-state index is -2.52. The first-order valence-corrected chi connectivity index (χ1v) is 10.3. The molecule has 6 heteroatoms. The third-order valence-corrected chi connectivity index (χ3v) is 6.39. The van der Waals surface area contributed by atoms with Crippen molar-refractivity contribution in [1.29, 1.82) is 0 Å². The molecule has 1 fully saturated rings. The number of rotatable bonds is 15. The van der Waals surface area contributed by atoms with Gasteiger partial charge in [-0.2, -0.15) is 0 Å². The molecular weight excluding hydrogens is 288 g/mol. The highest BCUT2D eigenvalue weighted by molar-refractivity contribution is 6.60. The van der Waals surface area contributed by atoms with E-state index in [-0.39, 0.29) is 0 Å². The molecule has 126 valence electrons. The molecule has 1 atom stereocenters. The predicted octanol–water partition coefficient (Wildman–Crippen LogP) is 3.01. The number of hydrogen-bond acceptors (Lipinski definition) is 5. The lowest BCUT2D eigenvalue weighted by atomic mass is 10.2. The van der Waals surface area contributed by atoms with Crippen LogP contribution in [0.1, 0.15) is 46.5 Å². The van der Waals surface area contributed by atoms with Crippen molar-refractivity contribution in [3.8, 4) is 0 Å². The van der Waals surface area contributed by atoms with Gasteiger partial charge in [0.1, 0.15) is 6.10 Å². The Morgan fingerprint density at radius 3 is 2.24 bits per heavy atom. The van der Waals surface area contributed by atoms with Crippen LogP contribution in [0.5, 0.6) is 0 Å². The second-order valence-corrected chi connectivity index (χ2v) is 7.97.